The van der Waals surface area contributed by atoms with E-state index in [-0.39, 0.29) is 17.9 Å². The minimum Gasteiger partial charge on any atom is -0.507 e. The molecule has 1 aliphatic rings. The zero-order valence-electron chi connectivity index (χ0n) is 16.8. The van der Waals surface area contributed by atoms with E-state index in [1.807, 2.05) is 24.3 Å². The Morgan fingerprint density at radius 3 is 2.65 bits per heavy atom. The number of carbonyl (C=O) groups excluding carboxylic acids is 1. The van der Waals surface area contributed by atoms with Crippen molar-refractivity contribution in [2.45, 2.75) is 19.9 Å². The number of rotatable bonds is 4. The van der Waals surface area contributed by atoms with Crippen LogP contribution in [0, 0.1) is 0 Å². The van der Waals surface area contributed by atoms with Gasteiger partial charge < -0.3 is 9.84 Å². The van der Waals surface area contributed by atoms with Crippen molar-refractivity contribution in [3.8, 4) is 5.75 Å². The Morgan fingerprint density at radius 2 is 1.97 bits per heavy atom. The van der Waals surface area contributed by atoms with Gasteiger partial charge >= 0.3 is 5.97 Å². The summed E-state index contributed by atoms with van der Waals surface area (Å²) in [5.41, 5.74) is 1.88. The van der Waals surface area contributed by atoms with Crippen molar-refractivity contribution in [1.29, 1.82) is 0 Å². The monoisotopic (exact) mass is 498 g/mol. The second kappa shape index (κ2) is 8.64. The molecule has 3 aromatic rings. The lowest BCUT2D eigenvalue weighted by Gasteiger charge is -2.24. The molecule has 0 saturated carbocycles. The summed E-state index contributed by atoms with van der Waals surface area (Å²) in [5.74, 6) is -0.409. The molecule has 1 aliphatic heterocycles. The smallest absolute Gasteiger partial charge is 0.338 e. The van der Waals surface area contributed by atoms with Crippen molar-refractivity contribution in [2.24, 2.45) is 4.99 Å². The molecule has 0 fully saturated rings. The lowest BCUT2D eigenvalue weighted by Crippen LogP contribution is -2.39. The highest BCUT2D eigenvalue weighted by Gasteiger charge is 2.33. The first-order chi connectivity index (χ1) is 14.9. The Hall–Kier alpha value is -2.97. The van der Waals surface area contributed by atoms with Crippen molar-refractivity contribution < 1.29 is 14.6 Å². The molecule has 158 valence electrons. The first-order valence-electron chi connectivity index (χ1n) is 9.64. The lowest BCUT2D eigenvalue weighted by atomic mass is 9.96. The van der Waals surface area contributed by atoms with Crippen LogP contribution in [0.5, 0.6) is 5.75 Å². The minimum atomic E-state index is -0.657. The highest BCUT2D eigenvalue weighted by Crippen LogP contribution is 2.31. The van der Waals surface area contributed by atoms with Crippen molar-refractivity contribution in [2.75, 3.05) is 6.61 Å². The quantitative estimate of drug-likeness (QED) is 0.559. The summed E-state index contributed by atoms with van der Waals surface area (Å²) in [6.45, 7) is 3.71. The van der Waals surface area contributed by atoms with Crippen LogP contribution in [0.4, 0.5) is 0 Å². The highest BCUT2D eigenvalue weighted by molar-refractivity contribution is 9.10. The maximum Gasteiger partial charge on any atom is 0.338 e. The van der Waals surface area contributed by atoms with Gasteiger partial charge in [-0.1, -0.05) is 57.6 Å². The lowest BCUT2D eigenvalue weighted by molar-refractivity contribution is -0.139. The number of aromatic hydroxyl groups is 1. The standard InChI is InChI=1S/C23H19BrN2O4S/c1-3-30-22(29)19-13(2)25-23-26(20(19)14-8-10-16(24)11-9-14)21(28)18(31-23)12-15-6-4-5-7-17(15)27/h4-12,20,27H,3H2,1-2H3. The Balaban J connectivity index is 1.97. The van der Waals surface area contributed by atoms with Gasteiger partial charge in [0, 0.05) is 10.0 Å². The fourth-order valence-electron chi connectivity index (χ4n) is 3.50. The Morgan fingerprint density at radius 1 is 1.26 bits per heavy atom. The van der Waals surface area contributed by atoms with Crippen molar-refractivity contribution in [3.05, 3.63) is 95.1 Å². The number of para-hydroxylation sites is 1. The number of thiazole rings is 1. The average Bonchev–Trinajstić information content (AvgIpc) is 3.04. The molecule has 1 N–H and O–H groups in total. The molecule has 4 rings (SSSR count). The van der Waals surface area contributed by atoms with Gasteiger partial charge in [0.05, 0.1) is 28.5 Å². The molecule has 0 aliphatic carbocycles. The van der Waals surface area contributed by atoms with E-state index in [1.165, 1.54) is 15.9 Å². The largest absolute Gasteiger partial charge is 0.507 e. The summed E-state index contributed by atoms with van der Waals surface area (Å²) < 4.78 is 8.12. The molecule has 0 spiro atoms. The molecule has 0 bridgehead atoms. The number of esters is 1. The topological polar surface area (TPSA) is 80.9 Å². The number of aromatic nitrogens is 1. The summed E-state index contributed by atoms with van der Waals surface area (Å²) in [5, 5.41) is 10.1. The minimum absolute atomic E-state index is 0.0844. The number of hydrogen-bond donors (Lipinski definition) is 1. The third kappa shape index (κ3) is 4.00. The maximum atomic E-state index is 13.4. The zero-order valence-corrected chi connectivity index (χ0v) is 19.2. The molecule has 1 unspecified atom stereocenters. The number of hydrogen-bond acceptors (Lipinski definition) is 6. The molecule has 8 heteroatoms. The van der Waals surface area contributed by atoms with Crippen LogP contribution in [-0.2, 0) is 9.53 Å². The number of nitrogens with zero attached hydrogens (tertiary/aromatic N) is 2. The van der Waals surface area contributed by atoms with Crippen LogP contribution in [0.1, 0.15) is 31.0 Å². The van der Waals surface area contributed by atoms with Crippen LogP contribution in [0.25, 0.3) is 6.08 Å². The van der Waals surface area contributed by atoms with Crippen molar-refractivity contribution in [1.82, 2.24) is 4.57 Å². The number of ether oxygens (including phenoxy) is 1. The van der Waals surface area contributed by atoms with E-state index in [0.717, 1.165) is 10.0 Å². The van der Waals surface area contributed by atoms with E-state index in [0.29, 0.717) is 26.2 Å². The maximum absolute atomic E-state index is 13.4. The van der Waals surface area contributed by atoms with Crippen molar-refractivity contribution >= 4 is 39.3 Å². The van der Waals surface area contributed by atoms with E-state index in [2.05, 4.69) is 20.9 Å². The molecule has 1 aromatic heterocycles. The van der Waals surface area contributed by atoms with Crippen LogP contribution in [0.15, 0.2) is 74.1 Å². The third-order valence-electron chi connectivity index (χ3n) is 4.93. The van der Waals surface area contributed by atoms with Gasteiger partial charge in [-0.15, -0.1) is 0 Å². The zero-order chi connectivity index (χ0) is 22.1. The predicted octanol–water partition coefficient (Wildman–Crippen LogP) is 3.27. The number of allylic oxidation sites excluding steroid dienone is 1. The normalized spacial score (nSPS) is 16.1. The molecular formula is C23H19BrN2O4S. The second-order valence-corrected chi connectivity index (χ2v) is 8.84. The van der Waals surface area contributed by atoms with E-state index in [1.54, 1.807) is 44.2 Å². The molecule has 0 amide bonds. The summed E-state index contributed by atoms with van der Waals surface area (Å²) >= 11 is 4.65. The van der Waals surface area contributed by atoms with E-state index in [9.17, 15) is 14.7 Å². The summed E-state index contributed by atoms with van der Waals surface area (Å²) in [6, 6.07) is 13.6. The molecule has 0 radical (unpaired) electrons. The van der Waals surface area contributed by atoms with Gasteiger partial charge in [0.15, 0.2) is 4.80 Å². The van der Waals surface area contributed by atoms with Crippen LogP contribution in [0.3, 0.4) is 0 Å². The van der Waals surface area contributed by atoms with Gasteiger partial charge in [0.1, 0.15) is 5.75 Å². The average molecular weight is 499 g/mol. The SMILES string of the molecule is CCOC(=O)C1=C(C)N=c2sc(=Cc3ccccc3O)c(=O)n2C1c1ccc(Br)cc1. The van der Waals surface area contributed by atoms with Gasteiger partial charge in [-0.2, -0.15) is 0 Å². The Kier molecular flexibility index (Phi) is 5.93. The van der Waals surface area contributed by atoms with Gasteiger partial charge in [-0.05, 0) is 43.7 Å². The van der Waals surface area contributed by atoms with Crippen molar-refractivity contribution in [3.63, 3.8) is 0 Å². The van der Waals surface area contributed by atoms with Crippen LogP contribution < -0.4 is 14.9 Å². The van der Waals surface area contributed by atoms with Gasteiger partial charge in [-0.25, -0.2) is 9.79 Å². The van der Waals surface area contributed by atoms with Gasteiger partial charge in [-0.3, -0.25) is 9.36 Å². The number of fused-ring (bicyclic) bond motifs is 1. The molecule has 31 heavy (non-hydrogen) atoms. The Labute approximate surface area is 190 Å². The van der Waals surface area contributed by atoms with Gasteiger partial charge in [0.25, 0.3) is 5.56 Å². The van der Waals surface area contributed by atoms with Gasteiger partial charge in [0.2, 0.25) is 0 Å². The molecule has 0 saturated heterocycles. The summed E-state index contributed by atoms with van der Waals surface area (Å²) in [7, 11) is 0. The number of phenolic OH excluding ortho intramolecular Hbond substituents is 1. The van der Waals surface area contributed by atoms with E-state index >= 15 is 0 Å². The number of halogens is 1. The molecule has 1 atom stereocenters. The molecule has 6 nitrogen and oxygen atoms in total. The summed E-state index contributed by atoms with van der Waals surface area (Å²) in [4.78, 5) is 31.3. The van der Waals surface area contributed by atoms with Crippen LogP contribution in [-0.4, -0.2) is 22.2 Å². The molecular weight excluding hydrogens is 480 g/mol. The predicted molar refractivity (Wildman–Crippen MR) is 123 cm³/mol. The van der Waals surface area contributed by atoms with Crippen LogP contribution >= 0.6 is 27.3 Å². The highest BCUT2D eigenvalue weighted by atomic mass is 79.9. The summed E-state index contributed by atoms with van der Waals surface area (Å²) in [6.07, 6.45) is 1.64. The van der Waals surface area contributed by atoms with E-state index in [4.69, 9.17) is 4.74 Å². The second-order valence-electron chi connectivity index (χ2n) is 6.91. The van der Waals surface area contributed by atoms with E-state index < -0.39 is 12.0 Å². The first-order valence-corrected chi connectivity index (χ1v) is 11.2. The number of carbonyl (C=O) groups is 1. The Bertz CT molecular complexity index is 1370. The third-order valence-corrected chi connectivity index (χ3v) is 6.44. The number of benzene rings is 2. The fourth-order valence-corrected chi connectivity index (χ4v) is 4.80. The molecule has 2 heterocycles. The first kappa shape index (κ1) is 21.3. The molecule has 2 aromatic carbocycles. The fraction of sp³-hybridized carbons (Fsp3) is 0.174. The number of phenols is 1. The van der Waals surface area contributed by atoms with Crippen LogP contribution in [0.2, 0.25) is 0 Å².